The molecule has 1 amide bonds. The van der Waals surface area contributed by atoms with Gasteiger partial charge >= 0.3 is 0 Å². The number of nitrogens with two attached hydrogens (primary N) is 1. The predicted molar refractivity (Wildman–Crippen MR) is 103 cm³/mol. The molecule has 2 aromatic carbocycles. The standard InChI is InChI=1S/C19H19ClF4N4O2/c20-14-8-13(3-4-15(14)21)28(18(30)27-6-5-19(23,24)10-27)9-12-2-1-11(7-16(12)22)17(29)26-25/h1-4,7-8,18,30H,5-6,9-10,25H2,(H,26,29). The topological polar surface area (TPSA) is 81.8 Å². The average Bonchev–Trinajstić information content (AvgIpc) is 3.08. The summed E-state index contributed by atoms with van der Waals surface area (Å²) in [6.45, 7) is -1.03. The summed E-state index contributed by atoms with van der Waals surface area (Å²) >= 11 is 5.83. The molecular formula is C19H19ClF4N4O2. The van der Waals surface area contributed by atoms with Gasteiger partial charge in [0, 0.05) is 36.3 Å². The van der Waals surface area contributed by atoms with Crippen LogP contribution in [0.4, 0.5) is 23.2 Å². The van der Waals surface area contributed by atoms with Crippen LogP contribution in [0.1, 0.15) is 22.3 Å². The van der Waals surface area contributed by atoms with E-state index >= 15 is 0 Å². The Hall–Kier alpha value is -2.40. The molecule has 162 valence electrons. The molecule has 1 fully saturated rings. The molecule has 1 unspecified atom stereocenters. The number of aliphatic hydroxyl groups is 1. The number of amides is 1. The number of carbonyl (C=O) groups is 1. The average molecular weight is 447 g/mol. The third kappa shape index (κ3) is 4.84. The van der Waals surface area contributed by atoms with Crippen molar-refractivity contribution in [1.82, 2.24) is 10.3 Å². The molecule has 1 aliphatic heterocycles. The van der Waals surface area contributed by atoms with Crippen molar-refractivity contribution in [2.45, 2.75) is 25.2 Å². The van der Waals surface area contributed by atoms with Crippen LogP contribution in [-0.2, 0) is 6.54 Å². The summed E-state index contributed by atoms with van der Waals surface area (Å²) in [6, 6.07) is 7.16. The Morgan fingerprint density at radius 1 is 1.27 bits per heavy atom. The van der Waals surface area contributed by atoms with Gasteiger partial charge in [-0.15, -0.1) is 0 Å². The van der Waals surface area contributed by atoms with Crippen LogP contribution in [0.2, 0.25) is 5.02 Å². The number of alkyl halides is 2. The minimum absolute atomic E-state index is 0.0186. The number of carbonyl (C=O) groups excluding carboxylic acids is 1. The summed E-state index contributed by atoms with van der Waals surface area (Å²) in [5.41, 5.74) is 2.13. The molecule has 1 saturated heterocycles. The van der Waals surface area contributed by atoms with Gasteiger partial charge < -0.3 is 10.0 Å². The monoisotopic (exact) mass is 446 g/mol. The van der Waals surface area contributed by atoms with Crippen molar-refractivity contribution in [2.24, 2.45) is 5.84 Å². The molecule has 11 heteroatoms. The highest BCUT2D eigenvalue weighted by atomic mass is 35.5. The van der Waals surface area contributed by atoms with Crippen LogP contribution in [0.5, 0.6) is 0 Å². The molecule has 3 rings (SSSR count). The van der Waals surface area contributed by atoms with Crippen LogP contribution >= 0.6 is 11.6 Å². The zero-order valence-electron chi connectivity index (χ0n) is 15.6. The second kappa shape index (κ2) is 8.76. The van der Waals surface area contributed by atoms with E-state index in [9.17, 15) is 27.5 Å². The number of hydrazine groups is 1. The Labute approximate surface area is 174 Å². The molecule has 0 radical (unpaired) electrons. The van der Waals surface area contributed by atoms with Crippen LogP contribution in [0.3, 0.4) is 0 Å². The molecule has 0 spiro atoms. The number of rotatable bonds is 6. The number of hydrogen-bond acceptors (Lipinski definition) is 5. The van der Waals surface area contributed by atoms with Crippen molar-refractivity contribution in [3.8, 4) is 0 Å². The minimum Gasteiger partial charge on any atom is -0.361 e. The summed E-state index contributed by atoms with van der Waals surface area (Å²) < 4.78 is 55.4. The first-order valence-electron chi connectivity index (χ1n) is 8.92. The smallest absolute Gasteiger partial charge is 0.265 e. The number of nitrogens with one attached hydrogen (secondary N) is 1. The van der Waals surface area contributed by atoms with Crippen LogP contribution in [-0.4, -0.2) is 41.3 Å². The summed E-state index contributed by atoms with van der Waals surface area (Å²) in [5.74, 6) is -0.0948. The highest BCUT2D eigenvalue weighted by Gasteiger charge is 2.42. The van der Waals surface area contributed by atoms with Crippen LogP contribution in [0.15, 0.2) is 36.4 Å². The van der Waals surface area contributed by atoms with Gasteiger partial charge in [0.2, 0.25) is 0 Å². The molecule has 4 N–H and O–H groups in total. The van der Waals surface area contributed by atoms with E-state index in [1.807, 2.05) is 5.43 Å². The van der Waals surface area contributed by atoms with E-state index in [-0.39, 0.29) is 34.9 Å². The Bertz CT molecular complexity index is 947. The molecular weight excluding hydrogens is 428 g/mol. The summed E-state index contributed by atoms with van der Waals surface area (Å²) in [5, 5.41) is 10.5. The number of halogens is 5. The quantitative estimate of drug-likeness (QED) is 0.209. The fraction of sp³-hybridized carbons (Fsp3) is 0.316. The first-order chi connectivity index (χ1) is 14.1. The number of likely N-dealkylation sites (tertiary alicyclic amines) is 1. The van der Waals surface area contributed by atoms with Crippen molar-refractivity contribution < 1.29 is 27.5 Å². The van der Waals surface area contributed by atoms with Crippen molar-refractivity contribution in [3.63, 3.8) is 0 Å². The maximum absolute atomic E-state index is 14.6. The fourth-order valence-corrected chi connectivity index (χ4v) is 3.39. The van der Waals surface area contributed by atoms with Crippen molar-refractivity contribution in [2.75, 3.05) is 18.0 Å². The first kappa shape index (κ1) is 22.3. The molecule has 1 aliphatic rings. The van der Waals surface area contributed by atoms with Gasteiger partial charge in [0.05, 0.1) is 11.6 Å². The van der Waals surface area contributed by atoms with Crippen LogP contribution < -0.4 is 16.2 Å². The molecule has 0 aromatic heterocycles. The lowest BCUT2D eigenvalue weighted by atomic mass is 10.1. The van der Waals surface area contributed by atoms with E-state index in [1.54, 1.807) is 0 Å². The SMILES string of the molecule is NNC(=O)c1ccc(CN(c2ccc(F)c(Cl)c2)C(O)N2CCC(F)(F)C2)c(F)c1. The summed E-state index contributed by atoms with van der Waals surface area (Å²) in [4.78, 5) is 13.9. The van der Waals surface area contributed by atoms with Crippen molar-refractivity contribution in [1.29, 1.82) is 0 Å². The van der Waals surface area contributed by atoms with Gasteiger partial charge in [0.25, 0.3) is 11.8 Å². The minimum atomic E-state index is -2.96. The molecule has 1 atom stereocenters. The number of hydrogen-bond donors (Lipinski definition) is 3. The van der Waals surface area contributed by atoms with E-state index in [2.05, 4.69) is 0 Å². The fourth-order valence-electron chi connectivity index (χ4n) is 3.21. The molecule has 30 heavy (non-hydrogen) atoms. The Balaban J connectivity index is 1.93. The summed E-state index contributed by atoms with van der Waals surface area (Å²) in [6.07, 6.45) is -1.98. The van der Waals surface area contributed by atoms with E-state index in [0.717, 1.165) is 17.0 Å². The zero-order valence-corrected chi connectivity index (χ0v) is 16.3. The molecule has 2 aromatic rings. The van der Waals surface area contributed by atoms with Gasteiger partial charge in [-0.2, -0.15) is 0 Å². The second-order valence-corrected chi connectivity index (χ2v) is 7.34. The maximum Gasteiger partial charge on any atom is 0.265 e. The largest absolute Gasteiger partial charge is 0.361 e. The van der Waals surface area contributed by atoms with E-state index < -0.39 is 42.8 Å². The molecule has 6 nitrogen and oxygen atoms in total. The van der Waals surface area contributed by atoms with Crippen LogP contribution in [0.25, 0.3) is 0 Å². The predicted octanol–water partition coefficient (Wildman–Crippen LogP) is 2.85. The van der Waals surface area contributed by atoms with Gasteiger partial charge in [-0.3, -0.25) is 15.1 Å². The van der Waals surface area contributed by atoms with Gasteiger partial charge in [0.1, 0.15) is 11.6 Å². The van der Waals surface area contributed by atoms with Crippen LogP contribution in [0, 0.1) is 11.6 Å². The van der Waals surface area contributed by atoms with E-state index in [4.69, 9.17) is 17.4 Å². The highest BCUT2D eigenvalue weighted by Crippen LogP contribution is 2.32. The number of nitrogen functional groups attached to an aromatic ring is 1. The van der Waals surface area contributed by atoms with Gasteiger partial charge in [-0.25, -0.2) is 23.4 Å². The molecule has 1 heterocycles. The lowest BCUT2D eigenvalue weighted by Gasteiger charge is -2.35. The number of benzene rings is 2. The van der Waals surface area contributed by atoms with Gasteiger partial charge in [0.15, 0.2) is 6.35 Å². The number of aliphatic hydroxyl groups excluding tert-OH is 1. The Morgan fingerprint density at radius 3 is 2.57 bits per heavy atom. The van der Waals surface area contributed by atoms with Gasteiger partial charge in [-0.05, 0) is 30.3 Å². The van der Waals surface area contributed by atoms with Crippen molar-refractivity contribution >= 4 is 23.2 Å². The lowest BCUT2D eigenvalue weighted by molar-refractivity contribution is -0.0302. The van der Waals surface area contributed by atoms with Gasteiger partial charge in [-0.1, -0.05) is 17.7 Å². The molecule has 0 bridgehead atoms. The number of nitrogens with zero attached hydrogens (tertiary/aromatic N) is 2. The second-order valence-electron chi connectivity index (χ2n) is 6.93. The van der Waals surface area contributed by atoms with E-state index in [0.29, 0.717) is 0 Å². The Morgan fingerprint density at radius 2 is 2.00 bits per heavy atom. The normalized spacial score (nSPS) is 17.0. The first-order valence-corrected chi connectivity index (χ1v) is 9.30. The van der Waals surface area contributed by atoms with Crippen molar-refractivity contribution in [3.05, 3.63) is 64.2 Å². The molecule has 0 aliphatic carbocycles. The summed E-state index contributed by atoms with van der Waals surface area (Å²) in [7, 11) is 0. The third-order valence-corrected chi connectivity index (χ3v) is 5.12. The number of anilines is 1. The zero-order chi connectivity index (χ0) is 22.1. The maximum atomic E-state index is 14.6. The molecule has 0 saturated carbocycles. The highest BCUT2D eigenvalue weighted by molar-refractivity contribution is 6.31. The third-order valence-electron chi connectivity index (χ3n) is 4.83. The lowest BCUT2D eigenvalue weighted by Crippen LogP contribution is -2.48. The Kier molecular flexibility index (Phi) is 6.51. The van der Waals surface area contributed by atoms with E-state index in [1.165, 1.54) is 29.2 Å².